The quantitative estimate of drug-likeness (QED) is 0.684. The molecular formula is C14H11F2NO2. The molecule has 2 aromatic rings. The first kappa shape index (κ1) is 13.0. The molecule has 0 aliphatic carbocycles. The van der Waals surface area contributed by atoms with Crippen LogP contribution in [-0.2, 0) is 0 Å². The fourth-order valence-corrected chi connectivity index (χ4v) is 1.69. The van der Waals surface area contributed by atoms with Crippen LogP contribution in [0.5, 0.6) is 5.75 Å². The van der Waals surface area contributed by atoms with Gasteiger partial charge in [-0.1, -0.05) is 0 Å². The molecule has 0 radical (unpaired) electrons. The lowest BCUT2D eigenvalue weighted by Crippen LogP contribution is -2.08. The standard InChI is InChI=1S/C14H11F2NO2/c1-19-9-3-5-11(13(17)7-9)14(18)10-4-2-8(15)6-12(10)16/h2-7H,17H2,1H3. The summed E-state index contributed by atoms with van der Waals surface area (Å²) in [6.07, 6.45) is 0. The molecule has 2 aromatic carbocycles. The van der Waals surface area contributed by atoms with Crippen molar-refractivity contribution in [2.75, 3.05) is 12.8 Å². The van der Waals surface area contributed by atoms with Gasteiger partial charge < -0.3 is 10.5 Å². The van der Waals surface area contributed by atoms with Gasteiger partial charge in [-0.2, -0.15) is 0 Å². The normalized spacial score (nSPS) is 10.3. The smallest absolute Gasteiger partial charge is 0.198 e. The van der Waals surface area contributed by atoms with Crippen LogP contribution in [0, 0.1) is 11.6 Å². The van der Waals surface area contributed by atoms with Crippen LogP contribution < -0.4 is 10.5 Å². The summed E-state index contributed by atoms with van der Waals surface area (Å²) >= 11 is 0. The fourth-order valence-electron chi connectivity index (χ4n) is 1.69. The van der Waals surface area contributed by atoms with E-state index in [1.54, 1.807) is 6.07 Å². The average Bonchev–Trinajstić information content (AvgIpc) is 2.37. The van der Waals surface area contributed by atoms with Crippen molar-refractivity contribution in [1.29, 1.82) is 0 Å². The van der Waals surface area contributed by atoms with Crippen molar-refractivity contribution in [3.05, 3.63) is 59.2 Å². The molecule has 0 unspecified atom stereocenters. The number of carbonyl (C=O) groups is 1. The number of anilines is 1. The Labute approximate surface area is 108 Å². The Morgan fingerprint density at radius 2 is 1.79 bits per heavy atom. The minimum absolute atomic E-state index is 0.145. The van der Waals surface area contributed by atoms with Crippen LogP contribution in [0.3, 0.4) is 0 Å². The first-order valence-corrected chi connectivity index (χ1v) is 5.46. The molecule has 2 N–H and O–H groups in total. The van der Waals surface area contributed by atoms with Crippen LogP contribution in [0.25, 0.3) is 0 Å². The van der Waals surface area contributed by atoms with Gasteiger partial charge in [-0.25, -0.2) is 8.78 Å². The molecule has 0 amide bonds. The molecule has 0 aliphatic rings. The molecule has 0 spiro atoms. The van der Waals surface area contributed by atoms with Crippen molar-refractivity contribution in [3.63, 3.8) is 0 Å². The molecular weight excluding hydrogens is 252 g/mol. The van der Waals surface area contributed by atoms with Crippen molar-refractivity contribution in [1.82, 2.24) is 0 Å². The molecule has 0 saturated carbocycles. The highest BCUT2D eigenvalue weighted by molar-refractivity contribution is 6.12. The number of carbonyl (C=O) groups excluding carboxylic acids is 1. The summed E-state index contributed by atoms with van der Waals surface area (Å²) in [5.41, 5.74) is 5.81. The zero-order chi connectivity index (χ0) is 14.0. The summed E-state index contributed by atoms with van der Waals surface area (Å²) in [6, 6.07) is 7.23. The van der Waals surface area contributed by atoms with Gasteiger partial charge in [0.2, 0.25) is 0 Å². The second kappa shape index (κ2) is 5.06. The molecule has 19 heavy (non-hydrogen) atoms. The van der Waals surface area contributed by atoms with Gasteiger partial charge in [-0.3, -0.25) is 4.79 Å². The lowest BCUT2D eigenvalue weighted by molar-refractivity contribution is 0.103. The van der Waals surface area contributed by atoms with Crippen molar-refractivity contribution >= 4 is 11.5 Å². The van der Waals surface area contributed by atoms with Gasteiger partial charge in [-0.05, 0) is 24.3 Å². The van der Waals surface area contributed by atoms with Crippen molar-refractivity contribution in [3.8, 4) is 5.75 Å². The number of hydrogen-bond acceptors (Lipinski definition) is 3. The second-order valence-corrected chi connectivity index (χ2v) is 3.91. The number of halogens is 2. The molecule has 0 fully saturated rings. The number of benzene rings is 2. The van der Waals surface area contributed by atoms with E-state index in [0.29, 0.717) is 11.8 Å². The molecule has 0 bridgehead atoms. The Kier molecular flexibility index (Phi) is 3.46. The maximum atomic E-state index is 13.5. The minimum atomic E-state index is -0.916. The number of ether oxygens (including phenoxy) is 1. The van der Waals surface area contributed by atoms with Gasteiger partial charge in [0.25, 0.3) is 0 Å². The number of methoxy groups -OCH3 is 1. The highest BCUT2D eigenvalue weighted by atomic mass is 19.1. The maximum absolute atomic E-state index is 13.5. The Bertz CT molecular complexity index is 641. The van der Waals surface area contributed by atoms with E-state index in [1.165, 1.54) is 19.2 Å². The Hall–Kier alpha value is -2.43. The van der Waals surface area contributed by atoms with Gasteiger partial charge in [0.05, 0.1) is 12.7 Å². The van der Waals surface area contributed by atoms with Crippen molar-refractivity contribution in [2.45, 2.75) is 0 Å². The summed E-state index contributed by atoms with van der Waals surface area (Å²) in [7, 11) is 1.47. The Morgan fingerprint density at radius 1 is 1.11 bits per heavy atom. The van der Waals surface area contributed by atoms with Crippen molar-refractivity contribution in [2.24, 2.45) is 0 Å². The van der Waals surface area contributed by atoms with Crippen molar-refractivity contribution < 1.29 is 18.3 Å². The van der Waals surface area contributed by atoms with Crippen LogP contribution in [0.15, 0.2) is 36.4 Å². The molecule has 0 aromatic heterocycles. The summed E-state index contributed by atoms with van der Waals surface area (Å²) < 4.78 is 31.3. The summed E-state index contributed by atoms with van der Waals surface area (Å²) in [5, 5.41) is 0. The van der Waals surface area contributed by atoms with Crippen LogP contribution >= 0.6 is 0 Å². The van der Waals surface area contributed by atoms with E-state index in [-0.39, 0.29) is 16.8 Å². The maximum Gasteiger partial charge on any atom is 0.198 e. The molecule has 3 nitrogen and oxygen atoms in total. The third-order valence-corrected chi connectivity index (χ3v) is 2.68. The lowest BCUT2D eigenvalue weighted by Gasteiger charge is -2.08. The lowest BCUT2D eigenvalue weighted by atomic mass is 10.0. The van der Waals surface area contributed by atoms with Gasteiger partial charge in [0.1, 0.15) is 17.4 Å². The fraction of sp³-hybridized carbons (Fsp3) is 0.0714. The zero-order valence-corrected chi connectivity index (χ0v) is 10.1. The number of ketones is 1. The first-order chi connectivity index (χ1) is 9.02. The Morgan fingerprint density at radius 3 is 2.37 bits per heavy atom. The van der Waals surface area contributed by atoms with Gasteiger partial charge in [0, 0.05) is 23.4 Å². The van der Waals surface area contributed by atoms with E-state index in [0.717, 1.165) is 12.1 Å². The molecule has 0 atom stereocenters. The average molecular weight is 263 g/mol. The first-order valence-electron chi connectivity index (χ1n) is 5.46. The largest absolute Gasteiger partial charge is 0.497 e. The predicted octanol–water partition coefficient (Wildman–Crippen LogP) is 2.79. The third-order valence-electron chi connectivity index (χ3n) is 2.68. The molecule has 5 heteroatoms. The molecule has 2 rings (SSSR count). The van der Waals surface area contributed by atoms with Crippen LogP contribution in [0.2, 0.25) is 0 Å². The molecule has 0 heterocycles. The minimum Gasteiger partial charge on any atom is -0.497 e. The Balaban J connectivity index is 2.44. The third kappa shape index (κ3) is 2.54. The van der Waals surface area contributed by atoms with E-state index in [4.69, 9.17) is 10.5 Å². The van der Waals surface area contributed by atoms with E-state index in [2.05, 4.69) is 0 Å². The molecule has 98 valence electrons. The second-order valence-electron chi connectivity index (χ2n) is 3.91. The van der Waals surface area contributed by atoms with Gasteiger partial charge in [0.15, 0.2) is 5.78 Å². The van der Waals surface area contributed by atoms with E-state index >= 15 is 0 Å². The van der Waals surface area contributed by atoms with E-state index in [1.807, 2.05) is 0 Å². The van der Waals surface area contributed by atoms with Crippen LogP contribution in [0.4, 0.5) is 14.5 Å². The monoisotopic (exact) mass is 263 g/mol. The van der Waals surface area contributed by atoms with Crippen LogP contribution in [0.1, 0.15) is 15.9 Å². The van der Waals surface area contributed by atoms with Gasteiger partial charge >= 0.3 is 0 Å². The van der Waals surface area contributed by atoms with Crippen LogP contribution in [-0.4, -0.2) is 12.9 Å². The summed E-state index contributed by atoms with van der Waals surface area (Å²) in [4.78, 5) is 12.1. The number of hydrogen-bond donors (Lipinski definition) is 1. The predicted molar refractivity (Wildman–Crippen MR) is 67.2 cm³/mol. The van der Waals surface area contributed by atoms with E-state index < -0.39 is 17.4 Å². The van der Waals surface area contributed by atoms with Gasteiger partial charge in [-0.15, -0.1) is 0 Å². The highest BCUT2D eigenvalue weighted by Gasteiger charge is 2.17. The number of nitrogen functional groups attached to an aromatic ring is 1. The number of nitrogens with two attached hydrogens (primary N) is 1. The molecule has 0 aliphatic heterocycles. The topological polar surface area (TPSA) is 52.3 Å². The summed E-state index contributed by atoms with van der Waals surface area (Å²) in [6.45, 7) is 0. The van der Waals surface area contributed by atoms with E-state index in [9.17, 15) is 13.6 Å². The number of rotatable bonds is 3. The zero-order valence-electron chi connectivity index (χ0n) is 10.1. The summed E-state index contributed by atoms with van der Waals surface area (Å²) in [5.74, 6) is -1.76. The highest BCUT2D eigenvalue weighted by Crippen LogP contribution is 2.23. The molecule has 0 saturated heterocycles. The SMILES string of the molecule is COc1ccc(C(=O)c2ccc(F)cc2F)c(N)c1.